The second kappa shape index (κ2) is 7.95. The Labute approximate surface area is 116 Å². The fraction of sp³-hybridized carbons (Fsp3) is 0.562. The van der Waals surface area contributed by atoms with Crippen LogP contribution in [-0.2, 0) is 11.2 Å². The third-order valence-electron chi connectivity index (χ3n) is 3.36. The molecule has 19 heavy (non-hydrogen) atoms. The number of hydrogen-bond donors (Lipinski definition) is 2. The van der Waals surface area contributed by atoms with Crippen LogP contribution in [0.4, 0.5) is 0 Å². The van der Waals surface area contributed by atoms with Crippen molar-refractivity contribution in [1.29, 1.82) is 0 Å². The summed E-state index contributed by atoms with van der Waals surface area (Å²) < 4.78 is 0. The second-order valence-corrected chi connectivity index (χ2v) is 5.44. The summed E-state index contributed by atoms with van der Waals surface area (Å²) in [5.41, 5.74) is 2.54. The monoisotopic (exact) mass is 262 g/mol. The molecular formula is C16H26N2O. The molecule has 0 heterocycles. The molecule has 0 aliphatic rings. The Morgan fingerprint density at radius 3 is 2.63 bits per heavy atom. The Bertz CT molecular complexity index is 401. The van der Waals surface area contributed by atoms with Crippen LogP contribution in [0.15, 0.2) is 24.3 Å². The van der Waals surface area contributed by atoms with Gasteiger partial charge in [0, 0.05) is 13.1 Å². The first kappa shape index (κ1) is 15.7. The van der Waals surface area contributed by atoms with E-state index >= 15 is 0 Å². The van der Waals surface area contributed by atoms with Crippen molar-refractivity contribution in [2.75, 3.05) is 20.1 Å². The number of carbonyl (C=O) groups excluding carboxylic acids is 1. The summed E-state index contributed by atoms with van der Waals surface area (Å²) in [4.78, 5) is 12.1. The summed E-state index contributed by atoms with van der Waals surface area (Å²) in [6.07, 6.45) is 0.887. The van der Waals surface area contributed by atoms with Crippen LogP contribution < -0.4 is 10.6 Å². The number of carbonyl (C=O) groups is 1. The predicted octanol–water partition coefficient (Wildman–Crippen LogP) is 2.15. The van der Waals surface area contributed by atoms with Crippen molar-refractivity contribution < 1.29 is 4.79 Å². The van der Waals surface area contributed by atoms with Crippen LogP contribution >= 0.6 is 0 Å². The van der Waals surface area contributed by atoms with Crippen LogP contribution in [0.1, 0.15) is 25.0 Å². The average molecular weight is 262 g/mol. The molecule has 3 nitrogen and oxygen atoms in total. The largest absolute Gasteiger partial charge is 0.355 e. The van der Waals surface area contributed by atoms with Gasteiger partial charge in [-0.25, -0.2) is 0 Å². The van der Waals surface area contributed by atoms with Gasteiger partial charge in [-0.2, -0.15) is 0 Å². The summed E-state index contributed by atoms with van der Waals surface area (Å²) in [6.45, 7) is 7.69. The van der Waals surface area contributed by atoms with E-state index < -0.39 is 0 Å². The Hall–Kier alpha value is -1.35. The number of nitrogens with one attached hydrogen (secondary N) is 2. The van der Waals surface area contributed by atoms with Crippen LogP contribution in [0.3, 0.4) is 0 Å². The molecule has 0 saturated heterocycles. The van der Waals surface area contributed by atoms with Crippen LogP contribution in [0.2, 0.25) is 0 Å². The Morgan fingerprint density at radius 1 is 1.32 bits per heavy atom. The molecule has 0 aromatic heterocycles. The third kappa shape index (κ3) is 5.43. The maximum absolute atomic E-state index is 12.1. The lowest BCUT2D eigenvalue weighted by Gasteiger charge is -2.19. The van der Waals surface area contributed by atoms with E-state index in [4.69, 9.17) is 0 Å². The second-order valence-electron chi connectivity index (χ2n) is 5.44. The summed E-state index contributed by atoms with van der Waals surface area (Å²) in [6, 6.07) is 8.42. The van der Waals surface area contributed by atoms with Crippen LogP contribution in [-0.4, -0.2) is 26.0 Å². The molecule has 1 rings (SSSR count). The van der Waals surface area contributed by atoms with Gasteiger partial charge < -0.3 is 10.6 Å². The first-order chi connectivity index (χ1) is 9.04. The molecule has 1 atom stereocenters. The fourth-order valence-corrected chi connectivity index (χ4v) is 2.18. The van der Waals surface area contributed by atoms with Crippen LogP contribution in [0.5, 0.6) is 0 Å². The van der Waals surface area contributed by atoms with E-state index in [1.165, 1.54) is 11.1 Å². The minimum atomic E-state index is 0.0440. The highest BCUT2D eigenvalue weighted by atomic mass is 16.1. The van der Waals surface area contributed by atoms with E-state index in [-0.39, 0.29) is 11.8 Å². The smallest absolute Gasteiger partial charge is 0.224 e. The number of benzene rings is 1. The van der Waals surface area contributed by atoms with Crippen molar-refractivity contribution in [2.24, 2.45) is 11.8 Å². The summed E-state index contributed by atoms with van der Waals surface area (Å²) in [5.74, 6) is 0.547. The van der Waals surface area contributed by atoms with E-state index in [1.54, 1.807) is 0 Å². The number of aryl methyl sites for hydroxylation is 1. The van der Waals surface area contributed by atoms with E-state index in [0.29, 0.717) is 12.5 Å². The Balaban J connectivity index is 2.41. The van der Waals surface area contributed by atoms with Gasteiger partial charge in [-0.3, -0.25) is 4.79 Å². The Kier molecular flexibility index (Phi) is 6.57. The zero-order valence-electron chi connectivity index (χ0n) is 12.5. The van der Waals surface area contributed by atoms with Gasteiger partial charge in [0.25, 0.3) is 0 Å². The quantitative estimate of drug-likeness (QED) is 0.790. The predicted molar refractivity (Wildman–Crippen MR) is 80.1 cm³/mol. The molecule has 1 aromatic rings. The summed E-state index contributed by atoms with van der Waals surface area (Å²) in [5, 5.41) is 6.12. The molecule has 2 N–H and O–H groups in total. The summed E-state index contributed by atoms with van der Waals surface area (Å²) >= 11 is 0. The maximum Gasteiger partial charge on any atom is 0.224 e. The molecule has 1 aromatic carbocycles. The van der Waals surface area contributed by atoms with Gasteiger partial charge >= 0.3 is 0 Å². The lowest BCUT2D eigenvalue weighted by atomic mass is 9.95. The molecule has 0 aliphatic carbocycles. The minimum absolute atomic E-state index is 0.0440. The molecular weight excluding hydrogens is 236 g/mol. The normalized spacial score (nSPS) is 12.5. The van der Waals surface area contributed by atoms with Crippen molar-refractivity contribution in [1.82, 2.24) is 10.6 Å². The zero-order valence-corrected chi connectivity index (χ0v) is 12.5. The molecule has 1 unspecified atom stereocenters. The third-order valence-corrected chi connectivity index (χ3v) is 3.36. The van der Waals surface area contributed by atoms with Gasteiger partial charge in [0.2, 0.25) is 5.91 Å². The van der Waals surface area contributed by atoms with E-state index in [9.17, 15) is 4.79 Å². The lowest BCUT2D eigenvalue weighted by Crippen LogP contribution is -2.39. The van der Waals surface area contributed by atoms with Crippen molar-refractivity contribution in [3.8, 4) is 0 Å². The van der Waals surface area contributed by atoms with Gasteiger partial charge in [-0.15, -0.1) is 0 Å². The highest BCUT2D eigenvalue weighted by Gasteiger charge is 2.20. The highest BCUT2D eigenvalue weighted by Crippen LogP contribution is 2.10. The first-order valence-electron chi connectivity index (χ1n) is 7.02. The number of rotatable bonds is 7. The SMILES string of the molecule is CNCC(C(=O)NCCc1cccc(C)c1)C(C)C. The van der Waals surface area contributed by atoms with E-state index in [2.05, 4.69) is 55.7 Å². The lowest BCUT2D eigenvalue weighted by molar-refractivity contribution is -0.126. The minimum Gasteiger partial charge on any atom is -0.355 e. The molecule has 1 amide bonds. The van der Waals surface area contributed by atoms with E-state index in [1.807, 2.05) is 7.05 Å². The topological polar surface area (TPSA) is 41.1 Å². The highest BCUT2D eigenvalue weighted by molar-refractivity contribution is 5.79. The van der Waals surface area contributed by atoms with Crippen LogP contribution in [0.25, 0.3) is 0 Å². The summed E-state index contributed by atoms with van der Waals surface area (Å²) in [7, 11) is 1.88. The van der Waals surface area contributed by atoms with Crippen molar-refractivity contribution >= 4 is 5.91 Å². The van der Waals surface area contributed by atoms with Gasteiger partial charge in [-0.05, 0) is 31.9 Å². The Morgan fingerprint density at radius 2 is 2.05 bits per heavy atom. The van der Waals surface area contributed by atoms with Gasteiger partial charge in [0.15, 0.2) is 0 Å². The molecule has 0 aliphatic heterocycles. The molecule has 3 heteroatoms. The average Bonchev–Trinajstić information content (AvgIpc) is 2.35. The van der Waals surface area contributed by atoms with Crippen molar-refractivity contribution in [3.63, 3.8) is 0 Å². The molecule has 0 bridgehead atoms. The molecule has 0 spiro atoms. The van der Waals surface area contributed by atoms with E-state index in [0.717, 1.165) is 13.0 Å². The molecule has 0 fully saturated rings. The van der Waals surface area contributed by atoms with Crippen molar-refractivity contribution in [2.45, 2.75) is 27.2 Å². The maximum atomic E-state index is 12.1. The number of hydrogen-bond acceptors (Lipinski definition) is 2. The molecule has 106 valence electrons. The standard InChI is InChI=1S/C16H26N2O/c1-12(2)15(11-17-4)16(19)18-9-8-14-7-5-6-13(3)10-14/h5-7,10,12,15,17H,8-9,11H2,1-4H3,(H,18,19). The van der Waals surface area contributed by atoms with Gasteiger partial charge in [0.05, 0.1) is 5.92 Å². The molecule has 0 radical (unpaired) electrons. The van der Waals surface area contributed by atoms with Gasteiger partial charge in [0.1, 0.15) is 0 Å². The van der Waals surface area contributed by atoms with Gasteiger partial charge in [-0.1, -0.05) is 43.7 Å². The van der Waals surface area contributed by atoms with Crippen molar-refractivity contribution in [3.05, 3.63) is 35.4 Å². The number of amides is 1. The van der Waals surface area contributed by atoms with Crippen LogP contribution in [0, 0.1) is 18.8 Å². The zero-order chi connectivity index (χ0) is 14.3. The fourth-order valence-electron chi connectivity index (χ4n) is 2.18. The molecule has 0 saturated carbocycles. The first-order valence-corrected chi connectivity index (χ1v) is 7.02.